The van der Waals surface area contributed by atoms with Gasteiger partial charge in [-0.25, -0.2) is 8.42 Å². The molecule has 0 aromatic heterocycles. The summed E-state index contributed by atoms with van der Waals surface area (Å²) in [5, 5.41) is 9.89. The predicted molar refractivity (Wildman–Crippen MR) is 132 cm³/mol. The van der Waals surface area contributed by atoms with E-state index < -0.39 is 27.7 Å². The van der Waals surface area contributed by atoms with Crippen LogP contribution in [0.3, 0.4) is 0 Å². The number of alkyl halides is 3. The van der Waals surface area contributed by atoms with E-state index in [1.165, 1.54) is 4.31 Å². The molecular formula is C27H20F3N3O3S. The molecule has 0 bridgehead atoms. The molecule has 10 heteroatoms. The zero-order valence-electron chi connectivity index (χ0n) is 19.5. The van der Waals surface area contributed by atoms with Crippen molar-refractivity contribution in [1.29, 1.82) is 5.26 Å². The molecule has 0 spiro atoms. The number of aryl methyl sites for hydroxylation is 1. The van der Waals surface area contributed by atoms with E-state index in [4.69, 9.17) is 10.5 Å². The number of halogens is 3. The molecule has 188 valence electrons. The number of hydrogen-bond donors (Lipinski definition) is 1. The first-order chi connectivity index (χ1) is 17.5. The average molecular weight is 524 g/mol. The average Bonchev–Trinajstić information content (AvgIpc) is 2.86. The Morgan fingerprint density at radius 2 is 1.68 bits per heavy atom. The van der Waals surface area contributed by atoms with Gasteiger partial charge in [-0.1, -0.05) is 48.5 Å². The number of nitrogens with two attached hydrogens (primary N) is 1. The van der Waals surface area contributed by atoms with Crippen LogP contribution in [0.1, 0.15) is 33.7 Å². The summed E-state index contributed by atoms with van der Waals surface area (Å²) in [6, 6.07) is 20.0. The van der Waals surface area contributed by atoms with Crippen LogP contribution in [0.25, 0.3) is 5.76 Å². The first-order valence-corrected chi connectivity index (χ1v) is 12.6. The van der Waals surface area contributed by atoms with Gasteiger partial charge >= 0.3 is 6.18 Å². The molecule has 0 saturated carbocycles. The van der Waals surface area contributed by atoms with Crippen LogP contribution in [0.4, 0.5) is 18.9 Å². The van der Waals surface area contributed by atoms with Gasteiger partial charge in [0.1, 0.15) is 16.5 Å². The Kier molecular flexibility index (Phi) is 5.76. The Bertz CT molecular complexity index is 1620. The number of allylic oxidation sites excluding steroid dienone is 2. The van der Waals surface area contributed by atoms with Gasteiger partial charge in [0, 0.05) is 5.56 Å². The Morgan fingerprint density at radius 3 is 2.32 bits per heavy atom. The van der Waals surface area contributed by atoms with Crippen LogP contribution in [0.2, 0.25) is 0 Å². The van der Waals surface area contributed by atoms with Crippen LogP contribution in [-0.2, 0) is 27.5 Å². The fourth-order valence-electron chi connectivity index (χ4n) is 4.62. The summed E-state index contributed by atoms with van der Waals surface area (Å²) in [5.74, 6) is -1.60. The van der Waals surface area contributed by atoms with Crippen molar-refractivity contribution in [3.63, 3.8) is 0 Å². The van der Waals surface area contributed by atoms with Gasteiger partial charge in [-0.3, -0.25) is 4.31 Å². The molecule has 3 aromatic carbocycles. The summed E-state index contributed by atoms with van der Waals surface area (Å²) in [7, 11) is -4.33. The van der Waals surface area contributed by atoms with Gasteiger partial charge in [0.25, 0.3) is 10.0 Å². The molecule has 1 unspecified atom stereocenters. The molecule has 0 fully saturated rings. The van der Waals surface area contributed by atoms with Gasteiger partial charge in [0.15, 0.2) is 5.76 Å². The van der Waals surface area contributed by atoms with Crippen molar-refractivity contribution in [2.75, 3.05) is 4.31 Å². The molecule has 0 radical (unpaired) electrons. The molecule has 2 aliphatic rings. The van der Waals surface area contributed by atoms with Gasteiger partial charge in [-0.05, 0) is 47.9 Å². The number of nitrogens with zero attached hydrogens (tertiary/aromatic N) is 2. The molecular weight excluding hydrogens is 503 g/mol. The van der Waals surface area contributed by atoms with E-state index >= 15 is 0 Å². The molecule has 6 nitrogen and oxygen atoms in total. The molecule has 2 heterocycles. The van der Waals surface area contributed by atoms with Crippen LogP contribution in [-0.4, -0.2) is 8.42 Å². The minimum atomic E-state index is -4.58. The maximum Gasteiger partial charge on any atom is 0.416 e. The van der Waals surface area contributed by atoms with Crippen molar-refractivity contribution in [1.82, 2.24) is 0 Å². The van der Waals surface area contributed by atoms with Crippen molar-refractivity contribution in [3.05, 3.63) is 117 Å². The van der Waals surface area contributed by atoms with Crippen molar-refractivity contribution in [3.8, 4) is 6.07 Å². The van der Waals surface area contributed by atoms with E-state index in [0.717, 1.165) is 35.4 Å². The zero-order valence-corrected chi connectivity index (χ0v) is 20.3. The predicted octanol–water partition coefficient (Wildman–Crippen LogP) is 5.54. The lowest BCUT2D eigenvalue weighted by molar-refractivity contribution is -0.137. The Hall–Kier alpha value is -4.23. The van der Waals surface area contributed by atoms with Crippen LogP contribution in [0.5, 0.6) is 0 Å². The summed E-state index contributed by atoms with van der Waals surface area (Å²) in [5.41, 5.74) is 7.59. The molecule has 5 rings (SSSR count). The third-order valence-electron chi connectivity index (χ3n) is 6.50. The van der Waals surface area contributed by atoms with Crippen LogP contribution in [0.15, 0.2) is 89.2 Å². The number of anilines is 1. The minimum Gasteiger partial charge on any atom is -0.439 e. The Morgan fingerprint density at radius 1 is 1.03 bits per heavy atom. The van der Waals surface area contributed by atoms with E-state index in [9.17, 15) is 26.9 Å². The standard InChI is InChI=1S/C27H20F3N3O3S/c1-16-6-2-3-7-18(16)15-33-22-9-5-4-8-20(22)24-25(37(33,34)35)23(21(14-31)26(32)36-24)17-10-12-19(13-11-17)27(28,29)30/h2-13,23H,15,32H2,1H3. The number of ether oxygens (including phenoxy) is 1. The highest BCUT2D eigenvalue weighted by Crippen LogP contribution is 2.51. The molecule has 0 saturated heterocycles. The molecule has 0 aliphatic carbocycles. The lowest BCUT2D eigenvalue weighted by Gasteiger charge is -2.38. The zero-order chi connectivity index (χ0) is 26.5. The summed E-state index contributed by atoms with van der Waals surface area (Å²) < 4.78 is 75.1. The highest BCUT2D eigenvalue weighted by atomic mass is 32.2. The number of hydrogen-bond acceptors (Lipinski definition) is 5. The quantitative estimate of drug-likeness (QED) is 0.486. The van der Waals surface area contributed by atoms with E-state index in [0.29, 0.717) is 11.3 Å². The monoisotopic (exact) mass is 523 g/mol. The maximum atomic E-state index is 14.2. The summed E-state index contributed by atoms with van der Waals surface area (Å²) in [6.45, 7) is 1.87. The molecule has 0 amide bonds. The first-order valence-electron chi connectivity index (χ1n) is 11.2. The maximum absolute atomic E-state index is 14.2. The normalized spacial score (nSPS) is 18.6. The lowest BCUT2D eigenvalue weighted by atomic mass is 9.88. The Balaban J connectivity index is 1.74. The van der Waals surface area contributed by atoms with Gasteiger partial charge < -0.3 is 10.5 Å². The number of para-hydroxylation sites is 1. The van der Waals surface area contributed by atoms with Crippen molar-refractivity contribution in [2.45, 2.75) is 25.6 Å². The largest absolute Gasteiger partial charge is 0.439 e. The van der Waals surface area contributed by atoms with Gasteiger partial charge in [0.2, 0.25) is 5.88 Å². The number of nitriles is 1. The highest BCUT2D eigenvalue weighted by Gasteiger charge is 2.47. The van der Waals surface area contributed by atoms with Crippen LogP contribution < -0.4 is 10.0 Å². The lowest BCUT2D eigenvalue weighted by Crippen LogP contribution is -2.39. The second kappa shape index (κ2) is 8.71. The minimum absolute atomic E-state index is 0.00359. The second-order valence-electron chi connectivity index (χ2n) is 8.69. The molecule has 3 aromatic rings. The van der Waals surface area contributed by atoms with Gasteiger partial charge in [0.05, 0.1) is 23.7 Å². The summed E-state index contributed by atoms with van der Waals surface area (Å²) >= 11 is 0. The van der Waals surface area contributed by atoms with Crippen molar-refractivity contribution < 1.29 is 26.3 Å². The number of sulfonamides is 1. The molecule has 2 N–H and O–H groups in total. The summed E-state index contributed by atoms with van der Waals surface area (Å²) in [6.07, 6.45) is -4.58. The fourth-order valence-corrected chi connectivity index (χ4v) is 6.52. The van der Waals surface area contributed by atoms with Gasteiger partial charge in [-0.2, -0.15) is 18.4 Å². The summed E-state index contributed by atoms with van der Waals surface area (Å²) in [4.78, 5) is -0.245. The first kappa shape index (κ1) is 24.5. The van der Waals surface area contributed by atoms with E-state index in [2.05, 4.69) is 0 Å². The topological polar surface area (TPSA) is 96.4 Å². The van der Waals surface area contributed by atoms with Crippen LogP contribution >= 0.6 is 0 Å². The third kappa shape index (κ3) is 4.01. The molecule has 2 aliphatic heterocycles. The molecule has 37 heavy (non-hydrogen) atoms. The third-order valence-corrected chi connectivity index (χ3v) is 8.39. The number of benzene rings is 3. The van der Waals surface area contributed by atoms with Crippen molar-refractivity contribution in [2.24, 2.45) is 5.73 Å². The highest BCUT2D eigenvalue weighted by molar-refractivity contribution is 7.96. The van der Waals surface area contributed by atoms with E-state index in [-0.39, 0.29) is 34.2 Å². The number of rotatable bonds is 3. The van der Waals surface area contributed by atoms with Gasteiger partial charge in [-0.15, -0.1) is 0 Å². The fraction of sp³-hybridized carbons (Fsp3) is 0.148. The van der Waals surface area contributed by atoms with E-state index in [1.54, 1.807) is 30.3 Å². The van der Waals surface area contributed by atoms with E-state index in [1.807, 2.05) is 31.2 Å². The Labute approximate surface area is 211 Å². The second-order valence-corrected chi connectivity index (χ2v) is 10.5. The van der Waals surface area contributed by atoms with Crippen LogP contribution in [0, 0.1) is 18.3 Å². The smallest absolute Gasteiger partial charge is 0.416 e. The van der Waals surface area contributed by atoms with Crippen molar-refractivity contribution >= 4 is 21.5 Å². The number of fused-ring (bicyclic) bond motifs is 2. The molecule has 1 atom stereocenters. The SMILES string of the molecule is Cc1ccccc1CN1c2ccccc2C2=C(C(c3ccc(C(F)(F)F)cc3)C(C#N)=C(N)O2)S1(=O)=O.